The van der Waals surface area contributed by atoms with Crippen molar-refractivity contribution < 1.29 is 9.53 Å². The molecule has 1 saturated carbocycles. The van der Waals surface area contributed by atoms with Crippen molar-refractivity contribution in [2.24, 2.45) is 20.0 Å². The fraction of sp³-hybridized carbons (Fsp3) is 0.312. The lowest BCUT2D eigenvalue weighted by Crippen LogP contribution is -2.40. The largest absolute Gasteiger partial charge is 0.490 e. The number of amides is 1. The van der Waals surface area contributed by atoms with Crippen LogP contribution in [0.2, 0.25) is 5.02 Å². The molecule has 4 aromatic heterocycles. The zero-order valence-electron chi connectivity index (χ0n) is 34.2. The normalized spacial score (nSPS) is 17.0. The minimum Gasteiger partial charge on any atom is -0.490 e. The molecule has 12 nitrogen and oxygen atoms in total. The highest BCUT2D eigenvalue weighted by molar-refractivity contribution is 6.31. The van der Waals surface area contributed by atoms with E-state index in [4.69, 9.17) is 31.6 Å². The predicted octanol–water partition coefficient (Wildman–Crippen LogP) is 8.44. The molecule has 7 aromatic rings. The molecule has 5 heterocycles. The van der Waals surface area contributed by atoms with Gasteiger partial charge in [0.2, 0.25) is 0 Å². The highest BCUT2D eigenvalue weighted by Crippen LogP contribution is 2.33. The maximum absolute atomic E-state index is 13.0. The lowest BCUT2D eigenvalue weighted by atomic mass is 9.91. The van der Waals surface area contributed by atoms with E-state index < -0.39 is 0 Å². The molecule has 1 saturated heterocycles. The number of rotatable bonds is 10. The van der Waals surface area contributed by atoms with Crippen molar-refractivity contribution in [2.45, 2.75) is 63.5 Å². The number of carbonyl (C=O) groups is 1. The van der Waals surface area contributed by atoms with Crippen molar-refractivity contribution in [1.82, 2.24) is 34.6 Å². The van der Waals surface area contributed by atoms with Crippen molar-refractivity contribution in [3.05, 3.63) is 130 Å². The highest BCUT2D eigenvalue weighted by Gasteiger charge is 2.26. The van der Waals surface area contributed by atoms with Gasteiger partial charge in [-0.3, -0.25) is 23.9 Å². The quantitative estimate of drug-likeness (QED) is 0.144. The molecule has 9 rings (SSSR count). The molecule has 0 spiro atoms. The van der Waals surface area contributed by atoms with Gasteiger partial charge < -0.3 is 15.0 Å². The number of fused-ring (bicyclic) bond motifs is 2. The number of benzene rings is 3. The first kappa shape index (κ1) is 39.9. The number of aryl methyl sites for hydroxylation is 3. The number of nitrogens with zero attached hydrogens (tertiary/aromatic N) is 8. The summed E-state index contributed by atoms with van der Waals surface area (Å²) in [4.78, 5) is 37.5. The van der Waals surface area contributed by atoms with Gasteiger partial charge in [-0.1, -0.05) is 35.9 Å². The van der Waals surface area contributed by atoms with Gasteiger partial charge in [0.1, 0.15) is 11.8 Å². The molecule has 1 N–H and O–H groups in total. The number of piperidine rings is 1. The van der Waals surface area contributed by atoms with Crippen LogP contribution in [0.15, 0.2) is 102 Å². The van der Waals surface area contributed by atoms with Gasteiger partial charge in [0.15, 0.2) is 11.5 Å². The third-order valence-electron chi connectivity index (χ3n) is 12.5. The van der Waals surface area contributed by atoms with E-state index in [1.807, 2.05) is 31.6 Å². The van der Waals surface area contributed by atoms with Gasteiger partial charge in [-0.2, -0.15) is 5.26 Å². The zero-order chi connectivity index (χ0) is 42.0. The number of ether oxygens (including phenoxy) is 1. The fourth-order valence-electron chi connectivity index (χ4n) is 8.83. The number of carbonyl (C=O) groups excluding carboxylic acids is 1. The Balaban J connectivity index is 0.733. The number of aromatic nitrogens is 6. The number of halogens is 1. The van der Waals surface area contributed by atoms with Gasteiger partial charge in [-0.05, 0) is 128 Å². The minimum absolute atomic E-state index is 0.0317. The van der Waals surface area contributed by atoms with Crippen LogP contribution in [0, 0.1) is 17.2 Å². The molecule has 2 fully saturated rings. The van der Waals surface area contributed by atoms with Gasteiger partial charge >= 0.3 is 5.69 Å². The molecule has 0 radical (unpaired) electrons. The molecule has 1 aliphatic heterocycles. The Bertz CT molecular complexity index is 2830. The van der Waals surface area contributed by atoms with Crippen LogP contribution in [-0.2, 0) is 20.5 Å². The Morgan fingerprint density at radius 2 is 1.66 bits per heavy atom. The highest BCUT2D eigenvalue weighted by atomic mass is 35.5. The van der Waals surface area contributed by atoms with Crippen molar-refractivity contribution in [1.29, 1.82) is 5.26 Å². The first-order valence-electron chi connectivity index (χ1n) is 21.0. The summed E-state index contributed by atoms with van der Waals surface area (Å²) in [5, 5.41) is 23.5. The van der Waals surface area contributed by atoms with E-state index in [1.165, 1.54) is 0 Å². The molecule has 3 aromatic carbocycles. The predicted molar refractivity (Wildman–Crippen MR) is 238 cm³/mol. The third-order valence-corrected chi connectivity index (χ3v) is 12.8. The van der Waals surface area contributed by atoms with E-state index in [1.54, 1.807) is 40.4 Å². The molecule has 1 amide bonds. The summed E-state index contributed by atoms with van der Waals surface area (Å²) in [6, 6.07) is 29.7. The topological polar surface area (TPSA) is 144 Å². The van der Waals surface area contributed by atoms with Crippen LogP contribution < -0.4 is 20.6 Å². The second-order valence-corrected chi connectivity index (χ2v) is 16.7. The maximum atomic E-state index is 13.0. The SMILES string of the molecule is Cn1c(=O)n(C)c2cc(-c3cccc4cc(-c5ccc(CCC6CCN(c7ccc(C(=O)NC8CCC(Oc9ccc(C#N)c(Cl)c9)CC8)nn7)CC6)nc5)ncc34)ccc21. The molecule has 1 aliphatic carbocycles. The van der Waals surface area contributed by atoms with Gasteiger partial charge in [0.05, 0.1) is 33.4 Å². The Labute approximate surface area is 358 Å². The summed E-state index contributed by atoms with van der Waals surface area (Å²) in [5.74, 6) is 1.84. The number of pyridine rings is 2. The summed E-state index contributed by atoms with van der Waals surface area (Å²) in [6.07, 6.45) is 11.2. The molecule has 2 aliphatic rings. The number of hydrogen-bond donors (Lipinski definition) is 1. The first-order chi connectivity index (χ1) is 29.7. The molecule has 0 unspecified atom stereocenters. The maximum Gasteiger partial charge on any atom is 0.328 e. The van der Waals surface area contributed by atoms with Crippen molar-refractivity contribution >= 4 is 45.1 Å². The Kier molecular flexibility index (Phi) is 11.2. The number of nitriles is 1. The second-order valence-electron chi connectivity index (χ2n) is 16.3. The van der Waals surface area contributed by atoms with E-state index in [-0.39, 0.29) is 23.7 Å². The number of hydrogen-bond acceptors (Lipinski definition) is 9. The number of anilines is 1. The zero-order valence-corrected chi connectivity index (χ0v) is 35.0. The van der Waals surface area contributed by atoms with Gasteiger partial charge in [-0.25, -0.2) is 4.79 Å². The van der Waals surface area contributed by atoms with Crippen LogP contribution in [0.1, 0.15) is 66.7 Å². The van der Waals surface area contributed by atoms with Crippen LogP contribution in [-0.4, -0.2) is 60.4 Å². The standard InChI is InChI=1S/C48H46ClN9O3/c1-56-44-18-9-32(25-45(44)57(2)48(56)60)39-5-3-4-31-24-43(52-29-40(31)39)34-7-11-35(51-28-34)10-6-30-20-22-58(23-21-30)46-19-17-42(54-55-46)47(59)53-36-12-15-37(16-13-36)61-38-14-8-33(27-50)41(49)26-38/h3-5,7-9,11,14,17-19,24-26,28-30,36-37H,6,10,12-13,15-16,20-23H2,1-2H3,(H,53,59). The van der Waals surface area contributed by atoms with E-state index >= 15 is 0 Å². The van der Waals surface area contributed by atoms with Crippen LogP contribution >= 0.6 is 11.6 Å². The molecule has 13 heteroatoms. The Hall–Kier alpha value is -6.58. The van der Waals surface area contributed by atoms with Gasteiger partial charge in [0, 0.05) is 68.3 Å². The Morgan fingerprint density at radius 3 is 2.39 bits per heavy atom. The van der Waals surface area contributed by atoms with Crippen LogP contribution in [0.25, 0.3) is 44.2 Å². The molecular weight excluding hydrogens is 786 g/mol. The fourth-order valence-corrected chi connectivity index (χ4v) is 9.05. The van der Waals surface area contributed by atoms with Crippen LogP contribution in [0.3, 0.4) is 0 Å². The average molecular weight is 832 g/mol. The lowest BCUT2D eigenvalue weighted by molar-refractivity contribution is 0.0888. The van der Waals surface area contributed by atoms with E-state index in [2.05, 4.69) is 75.0 Å². The summed E-state index contributed by atoms with van der Waals surface area (Å²) < 4.78 is 9.45. The number of imidazole rings is 1. The van der Waals surface area contributed by atoms with Crippen molar-refractivity contribution in [3.63, 3.8) is 0 Å². The number of nitrogens with one attached hydrogen (secondary N) is 1. The van der Waals surface area contributed by atoms with Crippen molar-refractivity contribution in [3.8, 4) is 34.2 Å². The van der Waals surface area contributed by atoms with E-state index in [9.17, 15) is 9.59 Å². The van der Waals surface area contributed by atoms with Crippen LogP contribution in [0.5, 0.6) is 5.75 Å². The monoisotopic (exact) mass is 831 g/mol. The van der Waals surface area contributed by atoms with Gasteiger partial charge in [0.25, 0.3) is 5.91 Å². The van der Waals surface area contributed by atoms with Crippen LogP contribution in [0.4, 0.5) is 5.82 Å². The molecule has 0 atom stereocenters. The average Bonchev–Trinajstić information content (AvgIpc) is 3.51. The molecular formula is C48H46ClN9O3. The molecule has 308 valence electrons. The summed E-state index contributed by atoms with van der Waals surface area (Å²) in [6.45, 7) is 1.79. The molecule has 0 bridgehead atoms. The second kappa shape index (κ2) is 17.2. The van der Waals surface area contributed by atoms with E-state index in [0.29, 0.717) is 27.9 Å². The molecule has 61 heavy (non-hydrogen) atoms. The minimum atomic E-state index is -0.209. The summed E-state index contributed by atoms with van der Waals surface area (Å²) in [7, 11) is 3.61. The third kappa shape index (κ3) is 8.43. The summed E-state index contributed by atoms with van der Waals surface area (Å²) in [5.41, 5.74) is 7.57. The Morgan fingerprint density at radius 1 is 0.852 bits per heavy atom. The van der Waals surface area contributed by atoms with Crippen molar-refractivity contribution in [2.75, 3.05) is 18.0 Å². The smallest absolute Gasteiger partial charge is 0.328 e. The summed E-state index contributed by atoms with van der Waals surface area (Å²) >= 11 is 6.16. The van der Waals surface area contributed by atoms with E-state index in [0.717, 1.165) is 120 Å². The first-order valence-corrected chi connectivity index (χ1v) is 21.3. The lowest BCUT2D eigenvalue weighted by Gasteiger charge is -2.32. The van der Waals surface area contributed by atoms with Gasteiger partial charge in [-0.15, -0.1) is 10.2 Å².